The van der Waals surface area contributed by atoms with E-state index in [1.807, 2.05) is 18.2 Å². The van der Waals surface area contributed by atoms with Crippen molar-refractivity contribution in [2.45, 2.75) is 17.8 Å². The Morgan fingerprint density at radius 3 is 2.82 bits per heavy atom. The molecule has 2 heterocycles. The Kier molecular flexibility index (Phi) is 4.60. The van der Waals surface area contributed by atoms with Crippen molar-refractivity contribution >= 4 is 18.0 Å². The number of thioether (sulfide) groups is 1. The predicted molar refractivity (Wildman–Crippen MR) is 88.0 cm³/mol. The molecule has 6 heteroatoms. The normalized spacial score (nSPS) is 11.1. The first-order chi connectivity index (χ1) is 10.8. The minimum absolute atomic E-state index is 0.757. The molecule has 2 aromatic heterocycles. The van der Waals surface area contributed by atoms with Gasteiger partial charge in [0.2, 0.25) is 5.16 Å². The topological polar surface area (TPSA) is 56.0 Å². The Balaban J connectivity index is 1.67. The smallest absolute Gasteiger partial charge is 0.212 e. The fourth-order valence-corrected chi connectivity index (χ4v) is 2.62. The maximum absolute atomic E-state index is 4.35. The van der Waals surface area contributed by atoms with Gasteiger partial charge < -0.3 is 0 Å². The lowest BCUT2D eigenvalue weighted by Crippen LogP contribution is -1.94. The van der Waals surface area contributed by atoms with E-state index >= 15 is 0 Å². The van der Waals surface area contributed by atoms with Crippen LogP contribution in [0.3, 0.4) is 0 Å². The zero-order chi connectivity index (χ0) is 15.2. The van der Waals surface area contributed by atoms with Gasteiger partial charge >= 0.3 is 0 Å². The van der Waals surface area contributed by atoms with E-state index in [2.05, 4.69) is 51.5 Å². The van der Waals surface area contributed by atoms with Crippen LogP contribution in [0.4, 0.5) is 0 Å². The second-order valence-corrected chi connectivity index (χ2v) is 5.67. The lowest BCUT2D eigenvalue weighted by Gasteiger charge is -2.02. The Labute approximate surface area is 133 Å². The van der Waals surface area contributed by atoms with Crippen molar-refractivity contribution < 1.29 is 0 Å². The van der Waals surface area contributed by atoms with Crippen LogP contribution in [0.2, 0.25) is 0 Å². The largest absolute Gasteiger partial charge is 0.255 e. The van der Waals surface area contributed by atoms with E-state index in [0.29, 0.717) is 0 Å². The summed E-state index contributed by atoms with van der Waals surface area (Å²) in [6.45, 7) is 2.08. The van der Waals surface area contributed by atoms with Crippen molar-refractivity contribution in [3.63, 3.8) is 0 Å². The number of aromatic nitrogens is 4. The van der Waals surface area contributed by atoms with Crippen LogP contribution >= 0.6 is 11.8 Å². The summed E-state index contributed by atoms with van der Waals surface area (Å²) in [5.74, 6) is 0.831. The molecule has 0 bridgehead atoms. The summed E-state index contributed by atoms with van der Waals surface area (Å²) < 4.78 is 1.66. The van der Waals surface area contributed by atoms with Crippen molar-refractivity contribution in [2.24, 2.45) is 5.10 Å². The molecule has 1 aromatic carbocycles. The molecule has 0 aliphatic rings. The highest BCUT2D eigenvalue weighted by Crippen LogP contribution is 2.20. The highest BCUT2D eigenvalue weighted by molar-refractivity contribution is 7.98. The molecule has 0 amide bonds. The second-order valence-electron chi connectivity index (χ2n) is 4.73. The minimum atomic E-state index is 0.757. The van der Waals surface area contributed by atoms with E-state index in [-0.39, 0.29) is 0 Å². The Bertz CT molecular complexity index is 750. The minimum Gasteiger partial charge on any atom is -0.255 e. The van der Waals surface area contributed by atoms with Crippen LogP contribution in [-0.2, 0) is 5.75 Å². The molecular formula is C16H15N5S. The standard InChI is InChI=1S/C16H15N5S/c1-13-5-7-14(8-6-13)11-22-16-20-18-12-21(16)19-10-15-4-2-3-9-17-15/h2-10,12H,11H2,1H3/b19-10+. The van der Waals surface area contributed by atoms with Crippen LogP contribution in [0, 0.1) is 6.92 Å². The zero-order valence-corrected chi connectivity index (χ0v) is 12.9. The van der Waals surface area contributed by atoms with Gasteiger partial charge in [-0.2, -0.15) is 9.78 Å². The van der Waals surface area contributed by atoms with Crippen LogP contribution in [-0.4, -0.2) is 26.1 Å². The molecule has 110 valence electrons. The summed E-state index contributed by atoms with van der Waals surface area (Å²) in [6.07, 6.45) is 5.02. The van der Waals surface area contributed by atoms with Gasteiger partial charge in [-0.25, -0.2) is 0 Å². The van der Waals surface area contributed by atoms with Crippen LogP contribution in [0.5, 0.6) is 0 Å². The van der Waals surface area contributed by atoms with Crippen molar-refractivity contribution in [3.05, 3.63) is 71.8 Å². The van der Waals surface area contributed by atoms with Gasteiger partial charge in [-0.1, -0.05) is 47.7 Å². The number of benzene rings is 1. The van der Waals surface area contributed by atoms with Gasteiger partial charge in [0.05, 0.1) is 11.9 Å². The molecule has 3 rings (SSSR count). The quantitative estimate of drug-likeness (QED) is 0.536. The Morgan fingerprint density at radius 1 is 1.18 bits per heavy atom. The van der Waals surface area contributed by atoms with Gasteiger partial charge in [0.15, 0.2) is 0 Å². The van der Waals surface area contributed by atoms with Crippen molar-refractivity contribution in [3.8, 4) is 0 Å². The predicted octanol–water partition coefficient (Wildman–Crippen LogP) is 3.16. The fourth-order valence-electron chi connectivity index (χ4n) is 1.80. The number of aryl methyl sites for hydroxylation is 1. The van der Waals surface area contributed by atoms with Crippen molar-refractivity contribution in [1.82, 2.24) is 19.9 Å². The van der Waals surface area contributed by atoms with E-state index in [1.165, 1.54) is 11.1 Å². The summed E-state index contributed by atoms with van der Waals surface area (Å²) in [4.78, 5) is 4.20. The molecule has 0 fully saturated rings. The van der Waals surface area contributed by atoms with Gasteiger partial charge in [0.25, 0.3) is 0 Å². The van der Waals surface area contributed by atoms with Crippen LogP contribution < -0.4 is 0 Å². The summed E-state index contributed by atoms with van der Waals surface area (Å²) in [5, 5.41) is 13.1. The van der Waals surface area contributed by atoms with E-state index in [1.54, 1.807) is 35.2 Å². The molecule has 3 aromatic rings. The molecule has 0 aliphatic carbocycles. The third-order valence-electron chi connectivity index (χ3n) is 2.99. The highest BCUT2D eigenvalue weighted by Gasteiger charge is 2.04. The lowest BCUT2D eigenvalue weighted by atomic mass is 10.2. The van der Waals surface area contributed by atoms with Crippen molar-refractivity contribution in [1.29, 1.82) is 0 Å². The first kappa shape index (κ1) is 14.5. The van der Waals surface area contributed by atoms with E-state index in [4.69, 9.17) is 0 Å². The third kappa shape index (κ3) is 3.79. The van der Waals surface area contributed by atoms with E-state index in [9.17, 15) is 0 Å². The van der Waals surface area contributed by atoms with Crippen LogP contribution in [0.1, 0.15) is 16.8 Å². The Morgan fingerprint density at radius 2 is 2.05 bits per heavy atom. The van der Waals surface area contributed by atoms with Gasteiger partial charge in [-0.05, 0) is 24.6 Å². The number of nitrogens with zero attached hydrogens (tertiary/aromatic N) is 5. The second kappa shape index (κ2) is 7.00. The lowest BCUT2D eigenvalue weighted by molar-refractivity contribution is 0.766. The maximum Gasteiger partial charge on any atom is 0.212 e. The monoisotopic (exact) mass is 309 g/mol. The van der Waals surface area contributed by atoms with Gasteiger partial charge in [-0.15, -0.1) is 10.2 Å². The number of pyridine rings is 1. The summed E-state index contributed by atoms with van der Waals surface area (Å²) in [6, 6.07) is 14.2. The van der Waals surface area contributed by atoms with Gasteiger partial charge in [0, 0.05) is 11.9 Å². The van der Waals surface area contributed by atoms with Crippen LogP contribution in [0.25, 0.3) is 0 Å². The van der Waals surface area contributed by atoms with Crippen LogP contribution in [0.15, 0.2) is 65.2 Å². The molecule has 0 aliphatic heterocycles. The summed E-state index contributed by atoms with van der Waals surface area (Å²) in [5.41, 5.74) is 3.31. The number of rotatable bonds is 5. The summed E-state index contributed by atoms with van der Waals surface area (Å²) >= 11 is 1.60. The molecular weight excluding hydrogens is 294 g/mol. The first-order valence-electron chi connectivity index (χ1n) is 6.85. The average Bonchev–Trinajstić information content (AvgIpc) is 3.01. The van der Waals surface area contributed by atoms with Crippen molar-refractivity contribution in [2.75, 3.05) is 0 Å². The zero-order valence-electron chi connectivity index (χ0n) is 12.1. The first-order valence-corrected chi connectivity index (χ1v) is 7.83. The molecule has 0 saturated carbocycles. The number of hydrogen-bond donors (Lipinski definition) is 0. The molecule has 0 radical (unpaired) electrons. The van der Waals surface area contributed by atoms with E-state index in [0.717, 1.165) is 16.6 Å². The van der Waals surface area contributed by atoms with Gasteiger partial charge in [0.1, 0.15) is 6.33 Å². The molecule has 22 heavy (non-hydrogen) atoms. The van der Waals surface area contributed by atoms with Gasteiger partial charge in [-0.3, -0.25) is 4.98 Å². The SMILES string of the molecule is Cc1ccc(CSc2nncn2/N=C/c2ccccn2)cc1. The van der Waals surface area contributed by atoms with E-state index < -0.39 is 0 Å². The third-order valence-corrected chi connectivity index (χ3v) is 4.00. The molecule has 0 unspecified atom stereocenters. The molecule has 0 saturated heterocycles. The molecule has 0 atom stereocenters. The highest BCUT2D eigenvalue weighted by atomic mass is 32.2. The summed E-state index contributed by atoms with van der Waals surface area (Å²) in [7, 11) is 0. The fraction of sp³-hybridized carbons (Fsp3) is 0.125. The average molecular weight is 309 g/mol. The Hall–Kier alpha value is -2.47. The maximum atomic E-state index is 4.35. The molecule has 5 nitrogen and oxygen atoms in total. The number of hydrogen-bond acceptors (Lipinski definition) is 5. The molecule has 0 N–H and O–H groups in total. The molecule has 0 spiro atoms.